The second kappa shape index (κ2) is 11.3. The SMILES string of the molecule is COCc1ccc(C(=O)N2CCC([C@@H](Cc3ccccc3)N(C)Cc3cccnc3)CC2)o1. The molecule has 0 unspecified atom stereocenters. The number of amides is 1. The van der Waals surface area contributed by atoms with Crippen molar-refractivity contribution in [3.8, 4) is 0 Å². The number of likely N-dealkylation sites (N-methyl/N-ethyl adjacent to an activating group) is 1. The number of rotatable bonds is 9. The number of pyridine rings is 1. The second-order valence-electron chi connectivity index (χ2n) is 8.86. The number of methoxy groups -OCH3 is 1. The largest absolute Gasteiger partial charge is 0.453 e. The van der Waals surface area contributed by atoms with Crippen LogP contribution in [0.3, 0.4) is 0 Å². The molecule has 0 spiro atoms. The van der Waals surface area contributed by atoms with E-state index in [-0.39, 0.29) is 5.91 Å². The minimum atomic E-state index is -0.0286. The topological polar surface area (TPSA) is 58.8 Å². The maximum absolute atomic E-state index is 12.9. The molecule has 4 rings (SSSR count). The number of hydrogen-bond acceptors (Lipinski definition) is 5. The van der Waals surface area contributed by atoms with Gasteiger partial charge in [0.15, 0.2) is 5.76 Å². The average molecular weight is 448 g/mol. The second-order valence-corrected chi connectivity index (χ2v) is 8.86. The zero-order valence-corrected chi connectivity index (χ0v) is 19.5. The zero-order chi connectivity index (χ0) is 23.0. The normalized spacial score (nSPS) is 15.7. The van der Waals surface area contributed by atoms with Crippen molar-refractivity contribution in [1.29, 1.82) is 0 Å². The van der Waals surface area contributed by atoms with Crippen molar-refractivity contribution in [2.24, 2.45) is 5.92 Å². The highest BCUT2D eigenvalue weighted by atomic mass is 16.5. The first kappa shape index (κ1) is 23.2. The van der Waals surface area contributed by atoms with Crippen LogP contribution in [0.4, 0.5) is 0 Å². The molecular weight excluding hydrogens is 414 g/mol. The number of nitrogens with zero attached hydrogens (tertiary/aromatic N) is 3. The average Bonchev–Trinajstić information content (AvgIpc) is 3.32. The van der Waals surface area contributed by atoms with E-state index in [0.29, 0.717) is 30.1 Å². The molecule has 1 atom stereocenters. The van der Waals surface area contributed by atoms with Crippen molar-refractivity contribution < 1.29 is 13.9 Å². The van der Waals surface area contributed by atoms with Crippen LogP contribution in [-0.4, -0.2) is 54.0 Å². The van der Waals surface area contributed by atoms with Gasteiger partial charge in [-0.15, -0.1) is 0 Å². The third kappa shape index (κ3) is 6.09. The van der Waals surface area contributed by atoms with E-state index in [0.717, 1.165) is 38.9 Å². The van der Waals surface area contributed by atoms with Crippen molar-refractivity contribution >= 4 is 5.91 Å². The molecule has 0 aliphatic carbocycles. The van der Waals surface area contributed by atoms with Gasteiger partial charge in [0, 0.05) is 45.2 Å². The highest BCUT2D eigenvalue weighted by molar-refractivity contribution is 5.91. The van der Waals surface area contributed by atoms with Gasteiger partial charge in [0.2, 0.25) is 0 Å². The fourth-order valence-corrected chi connectivity index (χ4v) is 4.79. The quantitative estimate of drug-likeness (QED) is 0.486. The molecule has 0 saturated carbocycles. The summed E-state index contributed by atoms with van der Waals surface area (Å²) >= 11 is 0. The Bertz CT molecular complexity index is 998. The van der Waals surface area contributed by atoms with E-state index in [1.807, 2.05) is 29.4 Å². The fourth-order valence-electron chi connectivity index (χ4n) is 4.79. The molecule has 0 bridgehead atoms. The minimum Gasteiger partial charge on any atom is -0.453 e. The number of benzene rings is 1. The Morgan fingerprint density at radius 2 is 1.88 bits per heavy atom. The number of carbonyl (C=O) groups is 1. The molecule has 6 heteroatoms. The molecule has 0 radical (unpaired) electrons. The van der Waals surface area contributed by atoms with Crippen molar-refractivity contribution in [3.63, 3.8) is 0 Å². The molecule has 1 aromatic carbocycles. The van der Waals surface area contributed by atoms with E-state index in [2.05, 4.69) is 53.3 Å². The molecule has 1 saturated heterocycles. The molecule has 174 valence electrons. The number of carbonyl (C=O) groups excluding carboxylic acids is 1. The fraction of sp³-hybridized carbons (Fsp3) is 0.407. The summed E-state index contributed by atoms with van der Waals surface area (Å²) in [7, 11) is 3.82. The summed E-state index contributed by atoms with van der Waals surface area (Å²) < 4.78 is 10.8. The highest BCUT2D eigenvalue weighted by Crippen LogP contribution is 2.28. The maximum Gasteiger partial charge on any atom is 0.289 e. The summed E-state index contributed by atoms with van der Waals surface area (Å²) in [4.78, 5) is 21.6. The third-order valence-electron chi connectivity index (χ3n) is 6.54. The molecular formula is C27H33N3O3. The lowest BCUT2D eigenvalue weighted by Gasteiger charge is -2.40. The Morgan fingerprint density at radius 3 is 2.58 bits per heavy atom. The van der Waals surface area contributed by atoms with Gasteiger partial charge in [-0.05, 0) is 61.6 Å². The number of aromatic nitrogens is 1. The van der Waals surface area contributed by atoms with E-state index < -0.39 is 0 Å². The van der Waals surface area contributed by atoms with Crippen molar-refractivity contribution in [1.82, 2.24) is 14.8 Å². The Hall–Kier alpha value is -2.96. The summed E-state index contributed by atoms with van der Waals surface area (Å²) in [6, 6.07) is 18.8. The van der Waals surface area contributed by atoms with Crippen LogP contribution in [0.2, 0.25) is 0 Å². The third-order valence-corrected chi connectivity index (χ3v) is 6.54. The van der Waals surface area contributed by atoms with Crippen LogP contribution in [0.1, 0.15) is 40.3 Å². The number of hydrogen-bond donors (Lipinski definition) is 0. The van der Waals surface area contributed by atoms with Gasteiger partial charge in [-0.3, -0.25) is 14.7 Å². The molecule has 3 aromatic rings. The van der Waals surface area contributed by atoms with Gasteiger partial charge in [-0.2, -0.15) is 0 Å². The number of likely N-dealkylation sites (tertiary alicyclic amines) is 1. The Labute approximate surface area is 196 Å². The van der Waals surface area contributed by atoms with Crippen LogP contribution < -0.4 is 0 Å². The molecule has 33 heavy (non-hydrogen) atoms. The minimum absolute atomic E-state index is 0.0286. The smallest absolute Gasteiger partial charge is 0.289 e. The summed E-state index contributed by atoms with van der Waals surface area (Å²) in [6.45, 7) is 2.73. The number of piperidine rings is 1. The van der Waals surface area contributed by atoms with Gasteiger partial charge in [-0.1, -0.05) is 36.4 Å². The van der Waals surface area contributed by atoms with Gasteiger partial charge in [0.05, 0.1) is 0 Å². The molecule has 6 nitrogen and oxygen atoms in total. The maximum atomic E-state index is 12.9. The van der Waals surface area contributed by atoms with Gasteiger partial charge < -0.3 is 14.1 Å². The lowest BCUT2D eigenvalue weighted by Crippen LogP contribution is -2.46. The van der Waals surface area contributed by atoms with E-state index in [1.165, 1.54) is 11.1 Å². The Balaban J connectivity index is 1.42. The zero-order valence-electron chi connectivity index (χ0n) is 19.5. The van der Waals surface area contributed by atoms with Crippen LogP contribution >= 0.6 is 0 Å². The van der Waals surface area contributed by atoms with E-state index in [4.69, 9.17) is 9.15 Å². The van der Waals surface area contributed by atoms with E-state index in [1.54, 1.807) is 13.2 Å². The molecule has 0 N–H and O–H groups in total. The summed E-state index contributed by atoms with van der Waals surface area (Å²) in [5.74, 6) is 1.56. The lowest BCUT2D eigenvalue weighted by atomic mass is 9.84. The summed E-state index contributed by atoms with van der Waals surface area (Å²) in [5, 5.41) is 0. The van der Waals surface area contributed by atoms with Crippen LogP contribution in [-0.2, 0) is 24.3 Å². The molecule has 1 aliphatic heterocycles. The highest BCUT2D eigenvalue weighted by Gasteiger charge is 2.32. The van der Waals surface area contributed by atoms with Gasteiger partial charge >= 0.3 is 0 Å². The van der Waals surface area contributed by atoms with Crippen LogP contribution in [0.5, 0.6) is 0 Å². The molecule has 2 aromatic heterocycles. The number of ether oxygens (including phenoxy) is 1. The Morgan fingerprint density at radius 1 is 1.12 bits per heavy atom. The summed E-state index contributed by atoms with van der Waals surface area (Å²) in [5.41, 5.74) is 2.57. The van der Waals surface area contributed by atoms with Crippen molar-refractivity contribution in [3.05, 3.63) is 89.6 Å². The van der Waals surface area contributed by atoms with Gasteiger partial charge in [0.25, 0.3) is 5.91 Å². The first-order valence-electron chi connectivity index (χ1n) is 11.6. The van der Waals surface area contributed by atoms with Crippen LogP contribution in [0, 0.1) is 5.92 Å². The monoisotopic (exact) mass is 447 g/mol. The predicted molar refractivity (Wildman–Crippen MR) is 128 cm³/mol. The van der Waals surface area contributed by atoms with Crippen LogP contribution in [0.15, 0.2) is 71.4 Å². The van der Waals surface area contributed by atoms with Crippen molar-refractivity contribution in [2.45, 2.75) is 38.5 Å². The van der Waals surface area contributed by atoms with Crippen LogP contribution in [0.25, 0.3) is 0 Å². The lowest BCUT2D eigenvalue weighted by molar-refractivity contribution is 0.0568. The first-order chi connectivity index (χ1) is 16.1. The summed E-state index contributed by atoms with van der Waals surface area (Å²) in [6.07, 6.45) is 6.71. The molecule has 1 fully saturated rings. The molecule has 3 heterocycles. The number of furan rings is 1. The van der Waals surface area contributed by atoms with E-state index in [9.17, 15) is 4.79 Å². The standard InChI is InChI=1S/C27H33N3O3/c1-29(19-22-9-6-14-28-18-22)25(17-21-7-4-3-5-8-21)23-12-15-30(16-13-23)27(31)26-11-10-24(33-26)20-32-2/h3-11,14,18,23,25H,12-13,15-17,19-20H2,1-2H3/t25-/m1/s1. The molecule has 1 amide bonds. The van der Waals surface area contributed by atoms with Gasteiger partial charge in [-0.25, -0.2) is 0 Å². The van der Waals surface area contributed by atoms with E-state index >= 15 is 0 Å². The molecule has 1 aliphatic rings. The Kier molecular flexibility index (Phi) is 7.92. The van der Waals surface area contributed by atoms with Gasteiger partial charge in [0.1, 0.15) is 12.4 Å². The first-order valence-corrected chi connectivity index (χ1v) is 11.6. The predicted octanol–water partition coefficient (Wildman–Crippen LogP) is 4.42. The van der Waals surface area contributed by atoms with Crippen molar-refractivity contribution in [2.75, 3.05) is 27.2 Å².